The molecule has 3 rings (SSSR count). The maximum absolute atomic E-state index is 11.8. The zero-order valence-electron chi connectivity index (χ0n) is 10.9. The SMILES string of the molecule is O=C(O)C1CN(C(=O)C=Cc2ccc3c(c2)CCO3)C1. The molecule has 0 saturated carbocycles. The summed E-state index contributed by atoms with van der Waals surface area (Å²) in [4.78, 5) is 24.0. The van der Waals surface area contributed by atoms with Crippen LogP contribution in [-0.4, -0.2) is 41.6 Å². The molecule has 5 heteroatoms. The van der Waals surface area contributed by atoms with Gasteiger partial charge in [0.15, 0.2) is 0 Å². The van der Waals surface area contributed by atoms with Crippen molar-refractivity contribution in [2.24, 2.45) is 5.92 Å². The van der Waals surface area contributed by atoms with Crippen molar-refractivity contribution < 1.29 is 19.4 Å². The van der Waals surface area contributed by atoms with E-state index in [-0.39, 0.29) is 5.91 Å². The topological polar surface area (TPSA) is 66.8 Å². The Morgan fingerprint density at radius 2 is 2.15 bits per heavy atom. The number of carboxylic acid groups (broad SMARTS) is 1. The summed E-state index contributed by atoms with van der Waals surface area (Å²) in [6.07, 6.45) is 4.15. The predicted octanol–water partition coefficient (Wildman–Crippen LogP) is 1.18. The quantitative estimate of drug-likeness (QED) is 0.840. The van der Waals surface area contributed by atoms with E-state index in [0.29, 0.717) is 19.7 Å². The first-order chi connectivity index (χ1) is 9.63. The van der Waals surface area contributed by atoms with Crippen molar-refractivity contribution in [3.8, 4) is 5.75 Å². The minimum absolute atomic E-state index is 0.140. The van der Waals surface area contributed by atoms with Crippen LogP contribution in [0.2, 0.25) is 0 Å². The molecule has 0 spiro atoms. The van der Waals surface area contributed by atoms with Crippen molar-refractivity contribution in [1.82, 2.24) is 4.90 Å². The summed E-state index contributed by atoms with van der Waals surface area (Å²) in [5.41, 5.74) is 2.12. The van der Waals surface area contributed by atoms with Crippen LogP contribution in [0, 0.1) is 5.92 Å². The van der Waals surface area contributed by atoms with E-state index < -0.39 is 11.9 Å². The van der Waals surface area contributed by atoms with Gasteiger partial charge in [0, 0.05) is 25.6 Å². The molecule has 20 heavy (non-hydrogen) atoms. The Bertz CT molecular complexity index is 588. The van der Waals surface area contributed by atoms with Gasteiger partial charge in [0.1, 0.15) is 5.75 Å². The lowest BCUT2D eigenvalue weighted by Gasteiger charge is -2.35. The number of hydrogen-bond donors (Lipinski definition) is 1. The number of benzene rings is 1. The third-order valence-electron chi connectivity index (χ3n) is 3.67. The molecule has 1 N–H and O–H groups in total. The van der Waals surface area contributed by atoms with Crippen LogP contribution in [0.4, 0.5) is 0 Å². The molecular formula is C15H15NO4. The average Bonchev–Trinajstić information content (AvgIpc) is 2.81. The molecule has 1 saturated heterocycles. The average molecular weight is 273 g/mol. The normalized spacial score (nSPS) is 17.7. The molecule has 0 radical (unpaired) electrons. The highest BCUT2D eigenvalue weighted by atomic mass is 16.5. The Labute approximate surface area is 116 Å². The molecule has 0 aliphatic carbocycles. The molecule has 0 bridgehead atoms. The highest BCUT2D eigenvalue weighted by molar-refractivity contribution is 5.93. The zero-order chi connectivity index (χ0) is 14.1. The van der Waals surface area contributed by atoms with Gasteiger partial charge in [-0.3, -0.25) is 9.59 Å². The number of likely N-dealkylation sites (tertiary alicyclic amines) is 1. The lowest BCUT2D eigenvalue weighted by molar-refractivity contribution is -0.151. The van der Waals surface area contributed by atoms with Gasteiger partial charge in [-0.05, 0) is 29.3 Å². The number of ether oxygens (including phenoxy) is 1. The Morgan fingerprint density at radius 1 is 1.35 bits per heavy atom. The monoisotopic (exact) mass is 273 g/mol. The van der Waals surface area contributed by atoms with Gasteiger partial charge in [-0.15, -0.1) is 0 Å². The first-order valence-electron chi connectivity index (χ1n) is 6.59. The summed E-state index contributed by atoms with van der Waals surface area (Å²) >= 11 is 0. The molecule has 2 heterocycles. The number of carboxylic acids is 1. The summed E-state index contributed by atoms with van der Waals surface area (Å²) in [6.45, 7) is 1.32. The van der Waals surface area contributed by atoms with Gasteiger partial charge in [0.05, 0.1) is 12.5 Å². The molecule has 1 aromatic carbocycles. The molecule has 0 aromatic heterocycles. The third kappa shape index (κ3) is 2.39. The standard InChI is InChI=1S/C15H15NO4/c17-14(16-8-12(9-16)15(18)19)4-2-10-1-3-13-11(7-10)5-6-20-13/h1-4,7,12H,5-6,8-9H2,(H,18,19). The van der Waals surface area contributed by atoms with Crippen molar-refractivity contribution >= 4 is 18.0 Å². The lowest BCUT2D eigenvalue weighted by Crippen LogP contribution is -2.52. The van der Waals surface area contributed by atoms with Crippen LogP contribution in [0.1, 0.15) is 11.1 Å². The van der Waals surface area contributed by atoms with Crippen molar-refractivity contribution in [3.05, 3.63) is 35.4 Å². The minimum Gasteiger partial charge on any atom is -0.493 e. The van der Waals surface area contributed by atoms with Crippen LogP contribution in [0.15, 0.2) is 24.3 Å². The molecule has 2 aliphatic rings. The molecular weight excluding hydrogens is 258 g/mol. The number of aliphatic carboxylic acids is 1. The summed E-state index contributed by atoms with van der Waals surface area (Å²) in [7, 11) is 0. The number of carbonyl (C=O) groups is 2. The van der Waals surface area contributed by atoms with E-state index >= 15 is 0 Å². The molecule has 1 fully saturated rings. The second-order valence-corrected chi connectivity index (χ2v) is 5.08. The van der Waals surface area contributed by atoms with Gasteiger partial charge in [-0.25, -0.2) is 0 Å². The van der Waals surface area contributed by atoms with Crippen LogP contribution in [0.3, 0.4) is 0 Å². The fraction of sp³-hybridized carbons (Fsp3) is 0.333. The van der Waals surface area contributed by atoms with Crippen molar-refractivity contribution in [2.45, 2.75) is 6.42 Å². The summed E-state index contributed by atoms with van der Waals surface area (Å²) in [5, 5.41) is 8.76. The zero-order valence-corrected chi connectivity index (χ0v) is 10.9. The minimum atomic E-state index is -0.836. The Balaban J connectivity index is 1.60. The van der Waals surface area contributed by atoms with E-state index in [1.807, 2.05) is 18.2 Å². The first-order valence-corrected chi connectivity index (χ1v) is 6.59. The second-order valence-electron chi connectivity index (χ2n) is 5.08. The Morgan fingerprint density at radius 3 is 2.90 bits per heavy atom. The maximum Gasteiger partial charge on any atom is 0.310 e. The Hall–Kier alpha value is -2.30. The number of rotatable bonds is 3. The van der Waals surface area contributed by atoms with E-state index in [2.05, 4.69) is 0 Å². The van der Waals surface area contributed by atoms with Crippen molar-refractivity contribution in [2.75, 3.05) is 19.7 Å². The van der Waals surface area contributed by atoms with Gasteiger partial charge >= 0.3 is 5.97 Å². The van der Waals surface area contributed by atoms with E-state index in [1.54, 1.807) is 6.08 Å². The summed E-state index contributed by atoms with van der Waals surface area (Å²) in [5.74, 6) is -0.471. The molecule has 2 aliphatic heterocycles. The van der Waals surface area contributed by atoms with Crippen LogP contribution >= 0.6 is 0 Å². The largest absolute Gasteiger partial charge is 0.493 e. The van der Waals surface area contributed by atoms with E-state index in [1.165, 1.54) is 11.0 Å². The number of nitrogens with zero attached hydrogens (tertiary/aromatic N) is 1. The summed E-state index contributed by atoms with van der Waals surface area (Å²) in [6, 6.07) is 5.84. The van der Waals surface area contributed by atoms with Crippen molar-refractivity contribution in [3.63, 3.8) is 0 Å². The van der Waals surface area contributed by atoms with Crippen LogP contribution in [0.5, 0.6) is 5.75 Å². The maximum atomic E-state index is 11.8. The molecule has 1 aromatic rings. The Kier molecular flexibility index (Phi) is 3.18. The lowest BCUT2D eigenvalue weighted by atomic mass is 10.0. The van der Waals surface area contributed by atoms with Crippen LogP contribution in [-0.2, 0) is 16.0 Å². The molecule has 0 atom stereocenters. The molecule has 0 unspecified atom stereocenters. The van der Waals surface area contributed by atoms with Crippen LogP contribution in [0.25, 0.3) is 6.08 Å². The number of fused-ring (bicyclic) bond motifs is 1. The highest BCUT2D eigenvalue weighted by Crippen LogP contribution is 2.26. The van der Waals surface area contributed by atoms with Crippen molar-refractivity contribution in [1.29, 1.82) is 0 Å². The smallest absolute Gasteiger partial charge is 0.310 e. The van der Waals surface area contributed by atoms with Gasteiger partial charge in [0.25, 0.3) is 0 Å². The van der Waals surface area contributed by atoms with E-state index in [4.69, 9.17) is 9.84 Å². The number of amides is 1. The van der Waals surface area contributed by atoms with E-state index in [9.17, 15) is 9.59 Å². The molecule has 1 amide bonds. The van der Waals surface area contributed by atoms with Gasteiger partial charge < -0.3 is 14.7 Å². The van der Waals surface area contributed by atoms with Crippen LogP contribution < -0.4 is 4.74 Å². The molecule has 5 nitrogen and oxygen atoms in total. The predicted molar refractivity (Wildman–Crippen MR) is 72.4 cm³/mol. The van der Waals surface area contributed by atoms with Gasteiger partial charge in [-0.2, -0.15) is 0 Å². The highest BCUT2D eigenvalue weighted by Gasteiger charge is 2.34. The second kappa shape index (κ2) is 5.00. The fourth-order valence-electron chi connectivity index (χ4n) is 2.40. The van der Waals surface area contributed by atoms with Gasteiger partial charge in [-0.1, -0.05) is 6.07 Å². The number of carbonyl (C=O) groups excluding carboxylic acids is 1. The summed E-state index contributed by atoms with van der Waals surface area (Å²) < 4.78 is 5.42. The van der Waals surface area contributed by atoms with E-state index in [0.717, 1.165) is 23.3 Å². The third-order valence-corrected chi connectivity index (χ3v) is 3.67. The first kappa shape index (κ1) is 12.7. The number of hydrogen-bond acceptors (Lipinski definition) is 3. The van der Waals surface area contributed by atoms with Gasteiger partial charge in [0.2, 0.25) is 5.91 Å². The molecule has 104 valence electrons. The fourth-order valence-corrected chi connectivity index (χ4v) is 2.40.